The normalized spacial score (nSPS) is 13.1. The highest BCUT2D eigenvalue weighted by Crippen LogP contribution is 2.08. The van der Waals surface area contributed by atoms with Gasteiger partial charge in [-0.1, -0.05) is 13.8 Å². The number of aryl methyl sites for hydroxylation is 1. The summed E-state index contributed by atoms with van der Waals surface area (Å²) in [6.45, 7) is 8.98. The van der Waals surface area contributed by atoms with Crippen molar-refractivity contribution in [2.24, 2.45) is 18.0 Å². The molecule has 0 aliphatic rings. The molecule has 0 spiro atoms. The van der Waals surface area contributed by atoms with E-state index in [1.165, 1.54) is 6.42 Å². The lowest BCUT2D eigenvalue weighted by Gasteiger charge is -2.27. The van der Waals surface area contributed by atoms with E-state index in [0.29, 0.717) is 18.5 Å². The Morgan fingerprint density at radius 3 is 2.52 bits per heavy atom. The number of likely N-dealkylation sites (N-methyl/N-ethyl adjacent to an activating group) is 1. The van der Waals surface area contributed by atoms with E-state index in [2.05, 4.69) is 60.5 Å². The monoisotopic (exact) mass is 436 g/mol. The predicted octanol–water partition coefficient (Wildman–Crippen LogP) is 2.07. The Kier molecular flexibility index (Phi) is 11.2. The standard InChI is InChI=1S/C16H32N6.HI/c1-7-17-16(18-11-14-8-9-20-22(14)6)19-12-15(21(4)5)10-13(2)3;/h8-9,13,15H,7,10-12H2,1-6H3,(H2,17,18,19);1H. The number of aromatic nitrogens is 2. The number of aliphatic imine (C=N–C) groups is 1. The van der Waals surface area contributed by atoms with Crippen LogP contribution in [0, 0.1) is 5.92 Å². The molecule has 1 atom stereocenters. The number of nitrogens with zero attached hydrogens (tertiary/aromatic N) is 4. The van der Waals surface area contributed by atoms with Crippen LogP contribution in [0.4, 0.5) is 0 Å². The lowest BCUT2D eigenvalue weighted by molar-refractivity contribution is 0.254. The third-order valence-electron chi connectivity index (χ3n) is 3.64. The SMILES string of the molecule is CCNC(=NCc1ccnn1C)NCC(CC(C)C)N(C)C.I. The molecule has 0 aromatic carbocycles. The summed E-state index contributed by atoms with van der Waals surface area (Å²) < 4.78 is 1.86. The minimum Gasteiger partial charge on any atom is -0.357 e. The first kappa shape index (κ1) is 22.2. The number of nitrogens with one attached hydrogen (secondary N) is 2. The van der Waals surface area contributed by atoms with Crippen LogP contribution < -0.4 is 10.6 Å². The van der Waals surface area contributed by atoms with Gasteiger partial charge in [-0.15, -0.1) is 24.0 Å². The van der Waals surface area contributed by atoms with Crippen LogP contribution >= 0.6 is 24.0 Å². The number of hydrogen-bond donors (Lipinski definition) is 2. The Labute approximate surface area is 158 Å². The molecule has 1 aromatic heterocycles. The third kappa shape index (κ3) is 8.55. The van der Waals surface area contributed by atoms with Crippen molar-refractivity contribution in [2.45, 2.75) is 39.8 Å². The van der Waals surface area contributed by atoms with Crippen molar-refractivity contribution >= 4 is 29.9 Å². The fourth-order valence-corrected chi connectivity index (χ4v) is 2.29. The molecule has 1 rings (SSSR count). The Bertz CT molecular complexity index is 455. The molecular formula is C16H33IN6. The van der Waals surface area contributed by atoms with Crippen molar-refractivity contribution in [1.82, 2.24) is 25.3 Å². The smallest absolute Gasteiger partial charge is 0.191 e. The van der Waals surface area contributed by atoms with Crippen molar-refractivity contribution in [1.29, 1.82) is 0 Å². The van der Waals surface area contributed by atoms with Crippen LogP contribution in [0.15, 0.2) is 17.3 Å². The van der Waals surface area contributed by atoms with Crippen LogP contribution in [-0.2, 0) is 13.6 Å². The van der Waals surface area contributed by atoms with E-state index in [-0.39, 0.29) is 24.0 Å². The summed E-state index contributed by atoms with van der Waals surface area (Å²) in [6, 6.07) is 2.50. The van der Waals surface area contributed by atoms with Crippen LogP contribution in [0.3, 0.4) is 0 Å². The van der Waals surface area contributed by atoms with Crippen LogP contribution in [0.1, 0.15) is 32.9 Å². The molecule has 2 N–H and O–H groups in total. The molecule has 23 heavy (non-hydrogen) atoms. The van der Waals surface area contributed by atoms with E-state index in [4.69, 9.17) is 0 Å². The second kappa shape index (κ2) is 11.7. The van der Waals surface area contributed by atoms with Crippen molar-refractivity contribution in [3.63, 3.8) is 0 Å². The maximum absolute atomic E-state index is 4.64. The summed E-state index contributed by atoms with van der Waals surface area (Å²) in [5, 5.41) is 10.9. The maximum atomic E-state index is 4.64. The van der Waals surface area contributed by atoms with Gasteiger partial charge < -0.3 is 15.5 Å². The zero-order valence-corrected chi connectivity index (χ0v) is 17.7. The first-order valence-electron chi connectivity index (χ1n) is 8.09. The molecule has 0 radical (unpaired) electrons. The van der Waals surface area contributed by atoms with Gasteiger partial charge in [0.25, 0.3) is 0 Å². The topological polar surface area (TPSA) is 57.5 Å². The Morgan fingerprint density at radius 2 is 2.04 bits per heavy atom. The average molecular weight is 436 g/mol. The van der Waals surface area contributed by atoms with Gasteiger partial charge in [0.2, 0.25) is 0 Å². The zero-order valence-electron chi connectivity index (χ0n) is 15.3. The lowest BCUT2D eigenvalue weighted by Crippen LogP contribution is -2.45. The Hall–Kier alpha value is -0.830. The predicted molar refractivity (Wildman–Crippen MR) is 108 cm³/mol. The highest BCUT2D eigenvalue weighted by molar-refractivity contribution is 14.0. The van der Waals surface area contributed by atoms with Gasteiger partial charge in [0.05, 0.1) is 12.2 Å². The highest BCUT2D eigenvalue weighted by atomic mass is 127. The molecule has 0 aliphatic carbocycles. The van der Waals surface area contributed by atoms with E-state index >= 15 is 0 Å². The fraction of sp³-hybridized carbons (Fsp3) is 0.750. The van der Waals surface area contributed by atoms with Gasteiger partial charge in [-0.2, -0.15) is 5.10 Å². The van der Waals surface area contributed by atoms with Crippen LogP contribution in [0.5, 0.6) is 0 Å². The highest BCUT2D eigenvalue weighted by Gasteiger charge is 2.13. The largest absolute Gasteiger partial charge is 0.357 e. The number of rotatable bonds is 8. The van der Waals surface area contributed by atoms with E-state index < -0.39 is 0 Å². The molecular weight excluding hydrogens is 403 g/mol. The van der Waals surface area contributed by atoms with Crippen molar-refractivity contribution in [2.75, 3.05) is 27.2 Å². The molecule has 0 aliphatic heterocycles. The Balaban J connectivity index is 0.00000484. The molecule has 0 bridgehead atoms. The number of halogens is 1. The quantitative estimate of drug-likeness (QED) is 0.372. The molecule has 0 saturated heterocycles. The van der Waals surface area contributed by atoms with Crippen molar-refractivity contribution < 1.29 is 0 Å². The number of hydrogen-bond acceptors (Lipinski definition) is 3. The summed E-state index contributed by atoms with van der Waals surface area (Å²) in [5.74, 6) is 1.54. The zero-order chi connectivity index (χ0) is 16.5. The maximum Gasteiger partial charge on any atom is 0.191 e. The molecule has 1 aromatic rings. The summed E-state index contributed by atoms with van der Waals surface area (Å²) in [5.41, 5.74) is 1.10. The van der Waals surface area contributed by atoms with Gasteiger partial charge in [-0.25, -0.2) is 4.99 Å². The second-order valence-corrected chi connectivity index (χ2v) is 6.27. The molecule has 0 fully saturated rings. The second-order valence-electron chi connectivity index (χ2n) is 6.27. The van der Waals surface area contributed by atoms with Gasteiger partial charge in [0, 0.05) is 32.4 Å². The molecule has 134 valence electrons. The fourth-order valence-electron chi connectivity index (χ4n) is 2.29. The minimum atomic E-state index is 0. The van der Waals surface area contributed by atoms with E-state index in [9.17, 15) is 0 Å². The van der Waals surface area contributed by atoms with E-state index in [0.717, 1.165) is 24.7 Å². The van der Waals surface area contributed by atoms with Gasteiger partial charge in [0.15, 0.2) is 5.96 Å². The summed E-state index contributed by atoms with van der Waals surface area (Å²) in [4.78, 5) is 6.92. The molecule has 6 nitrogen and oxygen atoms in total. The van der Waals surface area contributed by atoms with Crippen LogP contribution in [0.2, 0.25) is 0 Å². The van der Waals surface area contributed by atoms with Crippen LogP contribution in [0.25, 0.3) is 0 Å². The average Bonchev–Trinajstić information content (AvgIpc) is 2.85. The molecule has 0 saturated carbocycles. The van der Waals surface area contributed by atoms with E-state index in [1.807, 2.05) is 17.8 Å². The van der Waals surface area contributed by atoms with Crippen molar-refractivity contribution in [3.05, 3.63) is 18.0 Å². The summed E-state index contributed by atoms with van der Waals surface area (Å²) in [6.07, 6.45) is 2.97. The molecule has 0 amide bonds. The third-order valence-corrected chi connectivity index (χ3v) is 3.64. The summed E-state index contributed by atoms with van der Waals surface area (Å²) in [7, 11) is 6.21. The summed E-state index contributed by atoms with van der Waals surface area (Å²) >= 11 is 0. The minimum absolute atomic E-state index is 0. The van der Waals surface area contributed by atoms with Crippen molar-refractivity contribution in [3.8, 4) is 0 Å². The number of guanidine groups is 1. The van der Waals surface area contributed by atoms with Gasteiger partial charge in [-0.3, -0.25) is 4.68 Å². The van der Waals surface area contributed by atoms with Gasteiger partial charge in [-0.05, 0) is 39.4 Å². The van der Waals surface area contributed by atoms with Crippen LogP contribution in [-0.4, -0.2) is 53.9 Å². The lowest BCUT2D eigenvalue weighted by atomic mass is 10.0. The van der Waals surface area contributed by atoms with Gasteiger partial charge >= 0.3 is 0 Å². The molecule has 1 unspecified atom stereocenters. The first-order chi connectivity index (χ1) is 10.4. The molecule has 7 heteroatoms. The van der Waals surface area contributed by atoms with E-state index in [1.54, 1.807) is 6.20 Å². The first-order valence-corrected chi connectivity index (χ1v) is 8.09. The molecule has 1 heterocycles. The van der Waals surface area contributed by atoms with Gasteiger partial charge in [0.1, 0.15) is 0 Å². The Morgan fingerprint density at radius 1 is 1.35 bits per heavy atom.